The molecule has 1 heterocycles. The molecule has 0 amide bonds. The predicted octanol–water partition coefficient (Wildman–Crippen LogP) is 5.78. The van der Waals surface area contributed by atoms with Crippen LogP contribution in [0.15, 0.2) is 59.9 Å². The number of anilines is 2. The Morgan fingerprint density at radius 3 is 2.51 bits per heavy atom. The maximum Gasteiger partial charge on any atom is 0.416 e. The fourth-order valence-electron chi connectivity index (χ4n) is 4.86. The maximum atomic E-state index is 15.0. The summed E-state index contributed by atoms with van der Waals surface area (Å²) in [5.41, 5.74) is -0.160. The SMILES string of the molecule is C[N+](C)([O-])[C@H]1CC(c2cccc(C(F)(F)F)c2)CC[C@@H]1Nc1cc(F)c(S(=O)(=O)Nc2ccncn2)cc1Cl. The van der Waals surface area contributed by atoms with Crippen LogP contribution in [0, 0.1) is 11.0 Å². The first kappa shape index (κ1) is 29.0. The topological polar surface area (TPSA) is 107 Å². The summed E-state index contributed by atoms with van der Waals surface area (Å²) in [6.07, 6.45) is -0.886. The lowest BCUT2D eigenvalue weighted by Gasteiger charge is -2.49. The maximum absolute atomic E-state index is 15.0. The second kappa shape index (κ2) is 10.9. The first-order valence-electron chi connectivity index (χ1n) is 11.9. The molecular formula is C25H26ClF4N5O3S. The molecule has 39 heavy (non-hydrogen) atoms. The zero-order chi connectivity index (χ0) is 28.6. The zero-order valence-electron chi connectivity index (χ0n) is 20.9. The molecule has 14 heteroatoms. The summed E-state index contributed by atoms with van der Waals surface area (Å²) >= 11 is 6.34. The molecule has 1 aromatic heterocycles. The van der Waals surface area contributed by atoms with E-state index in [4.69, 9.17) is 11.6 Å². The van der Waals surface area contributed by atoms with Crippen LogP contribution in [-0.4, -0.2) is 49.2 Å². The standard InChI is InChI=1S/C25H26ClF4N5O3S/c1-35(2,36)22-11-16(15-4-3-5-17(10-15)25(28,29)30)6-7-20(22)33-21-13-19(27)23(12-18(21)26)39(37,38)34-24-8-9-31-14-32-24/h3-5,8-10,12-14,16,20,22,33H,6-7,11H2,1-2H3,(H,31,32,34)/t16?,20-,22-/m0/s1. The van der Waals surface area contributed by atoms with E-state index in [2.05, 4.69) is 20.0 Å². The third kappa shape index (κ3) is 6.78. The molecule has 3 aromatic rings. The molecule has 0 saturated heterocycles. The van der Waals surface area contributed by atoms with Gasteiger partial charge in [0.2, 0.25) is 0 Å². The van der Waals surface area contributed by atoms with E-state index >= 15 is 4.39 Å². The van der Waals surface area contributed by atoms with Gasteiger partial charge in [0.1, 0.15) is 28.9 Å². The highest BCUT2D eigenvalue weighted by molar-refractivity contribution is 7.92. The van der Waals surface area contributed by atoms with Crippen LogP contribution in [0.5, 0.6) is 0 Å². The van der Waals surface area contributed by atoms with Crippen molar-refractivity contribution in [2.75, 3.05) is 24.1 Å². The normalized spacial score (nSPS) is 20.5. The van der Waals surface area contributed by atoms with Crippen LogP contribution >= 0.6 is 11.6 Å². The summed E-state index contributed by atoms with van der Waals surface area (Å²) in [5, 5.41) is 16.1. The van der Waals surface area contributed by atoms with E-state index in [-0.39, 0.29) is 28.9 Å². The van der Waals surface area contributed by atoms with Crippen molar-refractivity contribution in [2.24, 2.45) is 0 Å². The van der Waals surface area contributed by atoms with Gasteiger partial charge in [0.15, 0.2) is 0 Å². The molecule has 210 valence electrons. The number of sulfonamides is 1. The van der Waals surface area contributed by atoms with Crippen LogP contribution in [0.4, 0.5) is 29.1 Å². The minimum atomic E-state index is -4.48. The molecular weight excluding hydrogens is 562 g/mol. The molecule has 8 nitrogen and oxygen atoms in total. The number of nitrogens with one attached hydrogen (secondary N) is 2. The van der Waals surface area contributed by atoms with Crippen molar-refractivity contribution in [1.82, 2.24) is 9.97 Å². The molecule has 1 fully saturated rings. The van der Waals surface area contributed by atoms with Gasteiger partial charge in [0.25, 0.3) is 10.0 Å². The van der Waals surface area contributed by atoms with Crippen LogP contribution in [0.3, 0.4) is 0 Å². The number of quaternary nitrogens is 1. The average molecular weight is 588 g/mol. The molecule has 1 saturated carbocycles. The van der Waals surface area contributed by atoms with E-state index in [0.29, 0.717) is 18.4 Å². The lowest BCUT2D eigenvalue weighted by molar-refractivity contribution is -0.868. The smallest absolute Gasteiger partial charge is 0.416 e. The Hall–Kier alpha value is -3.00. The summed E-state index contributed by atoms with van der Waals surface area (Å²) in [4.78, 5) is 6.75. The summed E-state index contributed by atoms with van der Waals surface area (Å²) in [7, 11) is -1.49. The molecule has 4 rings (SSSR count). The van der Waals surface area contributed by atoms with Gasteiger partial charge in [-0.3, -0.25) is 4.72 Å². The summed E-state index contributed by atoms with van der Waals surface area (Å²) in [6.45, 7) is 0. The van der Waals surface area contributed by atoms with Crippen molar-refractivity contribution in [2.45, 2.75) is 48.3 Å². The van der Waals surface area contributed by atoms with Gasteiger partial charge in [-0.1, -0.05) is 29.8 Å². The Labute approximate surface area is 228 Å². The number of aromatic nitrogens is 2. The molecule has 0 spiro atoms. The number of nitrogens with zero attached hydrogens (tertiary/aromatic N) is 3. The van der Waals surface area contributed by atoms with Gasteiger partial charge in [-0.15, -0.1) is 0 Å². The monoisotopic (exact) mass is 587 g/mol. The number of hydrogen-bond acceptors (Lipinski definition) is 6. The average Bonchev–Trinajstić information content (AvgIpc) is 2.85. The van der Waals surface area contributed by atoms with Crippen LogP contribution < -0.4 is 10.0 Å². The summed E-state index contributed by atoms with van der Waals surface area (Å²) in [5.74, 6) is -1.42. The fraction of sp³-hybridized carbons (Fsp3) is 0.360. The van der Waals surface area contributed by atoms with Crippen molar-refractivity contribution in [3.05, 3.63) is 82.2 Å². The molecule has 3 atom stereocenters. The van der Waals surface area contributed by atoms with Crippen LogP contribution in [-0.2, 0) is 16.2 Å². The van der Waals surface area contributed by atoms with E-state index < -0.39 is 49.2 Å². The molecule has 0 aliphatic heterocycles. The number of hydrogen-bond donors (Lipinski definition) is 2. The molecule has 1 unspecified atom stereocenters. The third-order valence-corrected chi connectivity index (χ3v) is 8.46. The predicted molar refractivity (Wildman–Crippen MR) is 139 cm³/mol. The van der Waals surface area contributed by atoms with Gasteiger partial charge in [0, 0.05) is 12.6 Å². The van der Waals surface area contributed by atoms with Gasteiger partial charge in [-0.25, -0.2) is 22.8 Å². The van der Waals surface area contributed by atoms with Gasteiger partial charge in [-0.2, -0.15) is 13.2 Å². The van der Waals surface area contributed by atoms with Crippen molar-refractivity contribution in [3.63, 3.8) is 0 Å². The molecule has 0 radical (unpaired) electrons. The zero-order valence-corrected chi connectivity index (χ0v) is 22.5. The van der Waals surface area contributed by atoms with Crippen molar-refractivity contribution < 1.29 is 30.6 Å². The van der Waals surface area contributed by atoms with E-state index in [1.54, 1.807) is 6.07 Å². The van der Waals surface area contributed by atoms with E-state index in [0.717, 1.165) is 30.6 Å². The van der Waals surface area contributed by atoms with Crippen molar-refractivity contribution in [3.8, 4) is 0 Å². The number of alkyl halides is 3. The number of halogens is 5. The Bertz CT molecular complexity index is 1440. The highest BCUT2D eigenvalue weighted by atomic mass is 35.5. The lowest BCUT2D eigenvalue weighted by Crippen LogP contribution is -2.55. The largest absolute Gasteiger partial charge is 0.633 e. The van der Waals surface area contributed by atoms with E-state index in [9.17, 15) is 26.8 Å². The summed E-state index contributed by atoms with van der Waals surface area (Å²) < 4.78 is 81.6. The van der Waals surface area contributed by atoms with Crippen molar-refractivity contribution in [1.29, 1.82) is 0 Å². The second-order valence-electron chi connectivity index (χ2n) is 9.85. The second-order valence-corrected chi connectivity index (χ2v) is 11.9. The molecule has 2 N–H and O–H groups in total. The fourth-order valence-corrected chi connectivity index (χ4v) is 6.24. The van der Waals surface area contributed by atoms with Crippen LogP contribution in [0.25, 0.3) is 0 Å². The first-order valence-corrected chi connectivity index (χ1v) is 13.8. The number of benzene rings is 2. The van der Waals surface area contributed by atoms with E-state index in [1.807, 2.05) is 0 Å². The van der Waals surface area contributed by atoms with Gasteiger partial charge >= 0.3 is 6.18 Å². The number of hydroxylamine groups is 3. The number of likely N-dealkylation sites (N-methyl/N-ethyl adjacent to an activating group) is 1. The lowest BCUT2D eigenvalue weighted by atomic mass is 9.77. The Balaban J connectivity index is 1.56. The van der Waals surface area contributed by atoms with Gasteiger partial charge < -0.3 is 15.2 Å². The van der Waals surface area contributed by atoms with Gasteiger partial charge in [0.05, 0.1) is 36.4 Å². The molecule has 0 bridgehead atoms. The van der Waals surface area contributed by atoms with Crippen LogP contribution in [0.1, 0.15) is 36.3 Å². The summed E-state index contributed by atoms with van der Waals surface area (Å²) in [6, 6.07) is 7.18. The third-order valence-electron chi connectivity index (χ3n) is 6.77. The van der Waals surface area contributed by atoms with Crippen LogP contribution in [0.2, 0.25) is 5.02 Å². The molecule has 1 aliphatic carbocycles. The minimum Gasteiger partial charge on any atom is -0.633 e. The highest BCUT2D eigenvalue weighted by Crippen LogP contribution is 2.40. The van der Waals surface area contributed by atoms with Crippen molar-refractivity contribution >= 4 is 33.1 Å². The minimum absolute atomic E-state index is 0.0569. The Morgan fingerprint density at radius 1 is 1.13 bits per heavy atom. The first-order chi connectivity index (χ1) is 18.1. The van der Waals surface area contributed by atoms with E-state index in [1.165, 1.54) is 32.4 Å². The Kier molecular flexibility index (Phi) is 8.08. The number of rotatable bonds is 7. The molecule has 1 aliphatic rings. The Morgan fingerprint density at radius 2 is 1.87 bits per heavy atom. The quantitative estimate of drug-likeness (QED) is 0.206. The van der Waals surface area contributed by atoms with Gasteiger partial charge in [-0.05, 0) is 48.6 Å². The molecule has 2 aromatic carbocycles. The highest BCUT2D eigenvalue weighted by Gasteiger charge is 2.39.